The van der Waals surface area contributed by atoms with Gasteiger partial charge < -0.3 is 4.90 Å². The number of alkyl halides is 3. The van der Waals surface area contributed by atoms with Crippen LogP contribution in [0.25, 0.3) is 0 Å². The van der Waals surface area contributed by atoms with Crippen LogP contribution < -0.4 is 0 Å². The van der Waals surface area contributed by atoms with E-state index in [0.29, 0.717) is 22.6 Å². The van der Waals surface area contributed by atoms with Gasteiger partial charge in [-0.3, -0.25) is 29.4 Å². The summed E-state index contributed by atoms with van der Waals surface area (Å²) >= 11 is 0. The molecule has 0 N–H and O–H groups in total. The van der Waals surface area contributed by atoms with E-state index in [1.807, 2.05) is 0 Å². The van der Waals surface area contributed by atoms with Crippen LogP contribution in [-0.2, 0) is 4.79 Å². The summed E-state index contributed by atoms with van der Waals surface area (Å²) in [5.74, 6) is -3.08. The average molecular weight is 401 g/mol. The molecule has 0 bridgehead atoms. The van der Waals surface area contributed by atoms with Crippen LogP contribution in [0.1, 0.15) is 47.4 Å². The molecule has 1 unspecified atom stereocenters. The van der Waals surface area contributed by atoms with E-state index in [1.54, 1.807) is 6.92 Å². The van der Waals surface area contributed by atoms with Gasteiger partial charge in [0.1, 0.15) is 18.2 Å². The minimum Gasteiger partial charge on any atom is -0.332 e. The van der Waals surface area contributed by atoms with Crippen LogP contribution in [0.3, 0.4) is 0 Å². The second-order valence-corrected chi connectivity index (χ2v) is 6.34. The van der Waals surface area contributed by atoms with Crippen molar-refractivity contribution in [3.05, 3.63) is 39.4 Å². The molecule has 1 aliphatic heterocycles. The van der Waals surface area contributed by atoms with E-state index < -0.39 is 52.7 Å². The third kappa shape index (κ3) is 4.12. The van der Waals surface area contributed by atoms with Crippen molar-refractivity contribution >= 4 is 23.4 Å². The third-order valence-electron chi connectivity index (χ3n) is 4.33. The van der Waals surface area contributed by atoms with Gasteiger partial charge in [0, 0.05) is 12.6 Å². The largest absolute Gasteiger partial charge is 0.406 e. The first kappa shape index (κ1) is 21.3. The fourth-order valence-corrected chi connectivity index (χ4v) is 3.00. The van der Waals surface area contributed by atoms with Crippen LogP contribution in [0.4, 0.5) is 18.9 Å². The Hall–Kier alpha value is -2.98. The summed E-state index contributed by atoms with van der Waals surface area (Å²) < 4.78 is 38.5. The van der Waals surface area contributed by atoms with E-state index in [4.69, 9.17) is 0 Å². The lowest BCUT2D eigenvalue weighted by atomic mass is 10.1. The lowest BCUT2D eigenvalue weighted by molar-refractivity contribution is -0.385. The molecule has 152 valence electrons. The first-order valence-corrected chi connectivity index (χ1v) is 8.50. The highest BCUT2D eigenvalue weighted by molar-refractivity contribution is 6.24. The second kappa shape index (κ2) is 7.95. The van der Waals surface area contributed by atoms with Gasteiger partial charge in [0.25, 0.3) is 17.5 Å². The van der Waals surface area contributed by atoms with Crippen LogP contribution >= 0.6 is 0 Å². The molecule has 0 aliphatic carbocycles. The summed E-state index contributed by atoms with van der Waals surface area (Å²) in [4.78, 5) is 49.1. The molecule has 0 fully saturated rings. The van der Waals surface area contributed by atoms with Crippen LogP contribution in [0.15, 0.2) is 18.2 Å². The predicted octanol–water partition coefficient (Wildman–Crippen LogP) is 2.77. The molecule has 3 amide bonds. The first-order valence-electron chi connectivity index (χ1n) is 8.50. The van der Waals surface area contributed by atoms with Gasteiger partial charge in [-0.2, -0.15) is 13.2 Å². The number of halogens is 3. The minimum absolute atomic E-state index is 0.192. The predicted molar refractivity (Wildman–Crippen MR) is 90.6 cm³/mol. The fraction of sp³-hybridized carbons (Fsp3) is 0.471. The average Bonchev–Trinajstić information content (AvgIpc) is 2.87. The number of carbonyl (C=O) groups is 3. The van der Waals surface area contributed by atoms with Crippen molar-refractivity contribution in [2.75, 3.05) is 13.1 Å². The summed E-state index contributed by atoms with van der Waals surface area (Å²) in [6.07, 6.45) is -3.80. The van der Waals surface area contributed by atoms with Crippen molar-refractivity contribution in [1.82, 2.24) is 9.80 Å². The van der Waals surface area contributed by atoms with Crippen LogP contribution in [0.5, 0.6) is 0 Å². The van der Waals surface area contributed by atoms with Crippen LogP contribution in [0, 0.1) is 10.1 Å². The van der Waals surface area contributed by atoms with Gasteiger partial charge in [0.15, 0.2) is 0 Å². The first-order chi connectivity index (χ1) is 13.0. The Morgan fingerprint density at radius 3 is 2.46 bits per heavy atom. The molecule has 1 heterocycles. The maximum Gasteiger partial charge on any atom is 0.406 e. The number of amides is 3. The van der Waals surface area contributed by atoms with Gasteiger partial charge in [-0.25, -0.2) is 0 Å². The molecule has 11 heteroatoms. The van der Waals surface area contributed by atoms with E-state index in [2.05, 4.69) is 0 Å². The molecule has 0 saturated heterocycles. The topological polar surface area (TPSA) is 101 Å². The minimum atomic E-state index is -4.65. The van der Waals surface area contributed by atoms with Gasteiger partial charge >= 0.3 is 6.18 Å². The molecular formula is C17H18F3N3O5. The second-order valence-electron chi connectivity index (χ2n) is 6.34. The highest BCUT2D eigenvalue weighted by Crippen LogP contribution is 2.32. The Kier molecular flexibility index (Phi) is 6.05. The molecule has 1 aromatic carbocycles. The zero-order chi connectivity index (χ0) is 21.2. The molecule has 2 rings (SSSR count). The number of nitro groups is 1. The van der Waals surface area contributed by atoms with Crippen molar-refractivity contribution in [3.8, 4) is 0 Å². The Morgan fingerprint density at radius 1 is 1.29 bits per heavy atom. The number of hydrogen-bond acceptors (Lipinski definition) is 5. The number of benzene rings is 1. The molecular weight excluding hydrogens is 383 g/mol. The summed E-state index contributed by atoms with van der Waals surface area (Å²) in [5, 5.41) is 11.1. The Morgan fingerprint density at radius 2 is 1.93 bits per heavy atom. The quantitative estimate of drug-likeness (QED) is 0.397. The molecule has 1 aromatic rings. The van der Waals surface area contributed by atoms with E-state index in [9.17, 15) is 37.7 Å². The number of imide groups is 1. The van der Waals surface area contributed by atoms with Gasteiger partial charge in [-0.1, -0.05) is 19.4 Å². The van der Waals surface area contributed by atoms with E-state index >= 15 is 0 Å². The standard InChI is InChI=1S/C17H18F3N3O5/c1-3-4-8-21(9-17(18,19)20)14(24)10(2)22-15(25)11-6-5-7-12(23(27)28)13(11)16(22)26/h5-7,10H,3-4,8-9H2,1-2H3. The van der Waals surface area contributed by atoms with Gasteiger partial charge in [-0.15, -0.1) is 0 Å². The number of hydrogen-bond donors (Lipinski definition) is 0. The van der Waals surface area contributed by atoms with E-state index in [1.165, 1.54) is 12.1 Å². The van der Waals surface area contributed by atoms with E-state index in [-0.39, 0.29) is 12.1 Å². The van der Waals surface area contributed by atoms with Crippen molar-refractivity contribution in [1.29, 1.82) is 0 Å². The van der Waals surface area contributed by atoms with Gasteiger partial charge in [0.2, 0.25) is 5.91 Å². The molecule has 0 saturated carbocycles. The zero-order valence-electron chi connectivity index (χ0n) is 15.2. The van der Waals surface area contributed by atoms with Crippen LogP contribution in [-0.4, -0.2) is 57.8 Å². The zero-order valence-corrected chi connectivity index (χ0v) is 15.2. The molecule has 0 aromatic heterocycles. The Bertz CT molecular complexity index is 825. The molecule has 8 nitrogen and oxygen atoms in total. The normalized spacial score (nSPS) is 14.8. The van der Waals surface area contributed by atoms with Crippen molar-refractivity contribution in [3.63, 3.8) is 0 Å². The molecule has 1 atom stereocenters. The lowest BCUT2D eigenvalue weighted by Crippen LogP contribution is -2.51. The smallest absolute Gasteiger partial charge is 0.332 e. The number of rotatable bonds is 7. The summed E-state index contributed by atoms with van der Waals surface area (Å²) in [6, 6.07) is 1.92. The number of nitro benzene ring substituents is 1. The molecule has 0 radical (unpaired) electrons. The number of unbranched alkanes of at least 4 members (excludes halogenated alkanes) is 1. The van der Waals surface area contributed by atoms with Crippen molar-refractivity contribution in [2.45, 2.75) is 38.9 Å². The summed E-state index contributed by atoms with van der Waals surface area (Å²) in [7, 11) is 0. The Balaban J connectivity index is 2.34. The SMILES string of the molecule is CCCCN(CC(F)(F)F)C(=O)C(C)N1C(=O)c2cccc([N+](=O)[O-])c2C1=O. The van der Waals surface area contributed by atoms with Crippen molar-refractivity contribution in [2.24, 2.45) is 0 Å². The summed E-state index contributed by atoms with van der Waals surface area (Å²) in [5.41, 5.74) is -1.32. The molecule has 1 aliphatic rings. The lowest BCUT2D eigenvalue weighted by Gasteiger charge is -2.30. The number of carbonyl (C=O) groups excluding carboxylic acids is 3. The maximum absolute atomic E-state index is 12.8. The monoisotopic (exact) mass is 401 g/mol. The summed E-state index contributed by atoms with van der Waals surface area (Å²) in [6.45, 7) is 1.16. The molecule has 0 spiro atoms. The highest BCUT2D eigenvalue weighted by Gasteiger charge is 2.46. The maximum atomic E-state index is 12.8. The van der Waals surface area contributed by atoms with Crippen molar-refractivity contribution < 1.29 is 32.5 Å². The highest BCUT2D eigenvalue weighted by atomic mass is 19.4. The number of fused-ring (bicyclic) bond motifs is 1. The Labute approximate surface area is 158 Å². The fourth-order valence-electron chi connectivity index (χ4n) is 3.00. The number of nitrogens with zero attached hydrogens (tertiary/aromatic N) is 3. The van der Waals surface area contributed by atoms with Gasteiger partial charge in [0.05, 0.1) is 10.5 Å². The third-order valence-corrected chi connectivity index (χ3v) is 4.33. The molecule has 28 heavy (non-hydrogen) atoms. The van der Waals surface area contributed by atoms with E-state index in [0.717, 1.165) is 13.0 Å². The van der Waals surface area contributed by atoms with Gasteiger partial charge in [-0.05, 0) is 19.4 Å². The van der Waals surface area contributed by atoms with Crippen LogP contribution in [0.2, 0.25) is 0 Å².